The third kappa shape index (κ3) is 3.43. The summed E-state index contributed by atoms with van der Waals surface area (Å²) >= 11 is 0. The largest absolute Gasteiger partial charge is 0.365 e. The van der Waals surface area contributed by atoms with Crippen molar-refractivity contribution in [3.63, 3.8) is 0 Å². The fraction of sp³-hybridized carbons (Fsp3) is 0.278. The van der Waals surface area contributed by atoms with E-state index in [2.05, 4.69) is 47.1 Å². The summed E-state index contributed by atoms with van der Waals surface area (Å²) < 4.78 is 5.40. The minimum absolute atomic E-state index is 0.220. The summed E-state index contributed by atoms with van der Waals surface area (Å²) in [4.78, 5) is 15.1. The maximum atomic E-state index is 5.40. The number of allylic oxidation sites excluding steroid dienone is 5. The van der Waals surface area contributed by atoms with Crippen LogP contribution >= 0.6 is 0 Å². The monoisotopic (exact) mass is 364 g/mol. The van der Waals surface area contributed by atoms with Crippen LogP contribution in [-0.4, -0.2) is 49.4 Å². The van der Waals surface area contributed by atoms with Gasteiger partial charge in [-0.2, -0.15) is 10.1 Å². The smallest absolute Gasteiger partial charge is 0.266 e. The Balaban J connectivity index is 1.45. The van der Waals surface area contributed by atoms with Crippen molar-refractivity contribution in [1.82, 2.24) is 30.3 Å². The van der Waals surface area contributed by atoms with Gasteiger partial charge in [-0.05, 0) is 24.6 Å². The average molecular weight is 364 g/mol. The summed E-state index contributed by atoms with van der Waals surface area (Å²) in [5, 5.41) is 15.3. The first-order chi connectivity index (χ1) is 13.3. The van der Waals surface area contributed by atoms with E-state index in [1.54, 1.807) is 12.3 Å². The van der Waals surface area contributed by atoms with E-state index in [1.165, 1.54) is 6.33 Å². The molecule has 138 valence electrons. The van der Waals surface area contributed by atoms with Crippen LogP contribution < -0.4 is 10.2 Å². The Morgan fingerprint density at radius 1 is 1.44 bits per heavy atom. The van der Waals surface area contributed by atoms with Crippen LogP contribution in [0.1, 0.15) is 19.2 Å². The highest BCUT2D eigenvalue weighted by Crippen LogP contribution is 2.24. The molecule has 0 radical (unpaired) electrons. The lowest BCUT2D eigenvalue weighted by molar-refractivity contribution is 0.407. The molecule has 4 rings (SSSR count). The Morgan fingerprint density at radius 2 is 2.37 bits per heavy atom. The third-order valence-corrected chi connectivity index (χ3v) is 4.41. The van der Waals surface area contributed by atoms with Gasteiger partial charge < -0.3 is 14.7 Å². The molecule has 0 spiro atoms. The Kier molecular flexibility index (Phi) is 4.65. The summed E-state index contributed by atoms with van der Waals surface area (Å²) in [5.74, 6) is 1.82. The van der Waals surface area contributed by atoms with E-state index in [-0.39, 0.29) is 6.04 Å². The standard InChI is InChI=1S/C18H20N8O/c1-3-5-6-12(4-2)17-23-18(25-27-17)26-8-7-13(10-26)22-15-14-9-21-24-16(14)20-11-19-15/h3-6,9,11,13H,2,7-8,10H2,1H3,(H2,19,20,21,22,24)/b5-3-,12-6+. The lowest BCUT2D eigenvalue weighted by atomic mass is 10.2. The molecule has 1 fully saturated rings. The molecule has 1 unspecified atom stereocenters. The predicted octanol–water partition coefficient (Wildman–Crippen LogP) is 2.57. The first-order valence-corrected chi connectivity index (χ1v) is 8.73. The summed E-state index contributed by atoms with van der Waals surface area (Å²) in [5.41, 5.74) is 1.51. The molecule has 1 aliphatic rings. The van der Waals surface area contributed by atoms with Gasteiger partial charge in [0.15, 0.2) is 5.65 Å². The van der Waals surface area contributed by atoms with Crippen molar-refractivity contribution in [2.75, 3.05) is 23.3 Å². The molecular formula is C18H20N8O. The normalized spacial score (nSPS) is 17.9. The van der Waals surface area contributed by atoms with E-state index in [9.17, 15) is 0 Å². The molecule has 4 heterocycles. The van der Waals surface area contributed by atoms with Gasteiger partial charge in [0.1, 0.15) is 12.1 Å². The summed E-state index contributed by atoms with van der Waals surface area (Å²) in [7, 11) is 0. The van der Waals surface area contributed by atoms with Gasteiger partial charge in [-0.1, -0.05) is 24.8 Å². The molecule has 1 aliphatic heterocycles. The Bertz CT molecular complexity index is 1000. The van der Waals surface area contributed by atoms with Crippen molar-refractivity contribution in [3.8, 4) is 0 Å². The van der Waals surface area contributed by atoms with Gasteiger partial charge >= 0.3 is 0 Å². The molecular weight excluding hydrogens is 344 g/mol. The van der Waals surface area contributed by atoms with Gasteiger partial charge in [0.25, 0.3) is 11.8 Å². The molecule has 0 bridgehead atoms. The molecule has 0 aromatic carbocycles. The molecule has 0 aliphatic carbocycles. The van der Waals surface area contributed by atoms with E-state index < -0.39 is 0 Å². The second-order valence-corrected chi connectivity index (χ2v) is 6.18. The number of rotatable bonds is 6. The van der Waals surface area contributed by atoms with Gasteiger partial charge in [0.05, 0.1) is 11.6 Å². The fourth-order valence-corrected chi connectivity index (χ4v) is 3.02. The molecule has 27 heavy (non-hydrogen) atoms. The van der Waals surface area contributed by atoms with Crippen LogP contribution in [0.15, 0.2) is 47.9 Å². The number of H-pyrrole nitrogens is 1. The molecule has 1 saturated heterocycles. The average Bonchev–Trinajstić information content (AvgIpc) is 3.43. The van der Waals surface area contributed by atoms with Crippen LogP contribution in [-0.2, 0) is 0 Å². The Hall–Kier alpha value is -3.49. The molecule has 9 nitrogen and oxygen atoms in total. The summed E-state index contributed by atoms with van der Waals surface area (Å²) in [6, 6.07) is 0.220. The number of nitrogens with zero attached hydrogens (tertiary/aromatic N) is 6. The van der Waals surface area contributed by atoms with Crippen molar-refractivity contribution in [2.24, 2.45) is 0 Å². The van der Waals surface area contributed by atoms with Crippen LogP contribution in [0.5, 0.6) is 0 Å². The van der Waals surface area contributed by atoms with Crippen molar-refractivity contribution >= 4 is 28.4 Å². The SMILES string of the molecule is C=C/C(=C\C=C/C)c1nc(N2CCC(Nc3ncnc4[nH]ncc34)C2)no1. The van der Waals surface area contributed by atoms with Crippen molar-refractivity contribution in [1.29, 1.82) is 0 Å². The van der Waals surface area contributed by atoms with Crippen molar-refractivity contribution in [3.05, 3.63) is 49.3 Å². The zero-order valence-electron chi connectivity index (χ0n) is 15.0. The first kappa shape index (κ1) is 17.0. The molecule has 3 aromatic rings. The van der Waals surface area contributed by atoms with Crippen LogP contribution in [0.25, 0.3) is 16.6 Å². The van der Waals surface area contributed by atoms with Crippen LogP contribution in [0.3, 0.4) is 0 Å². The second-order valence-electron chi connectivity index (χ2n) is 6.18. The number of hydrogen-bond acceptors (Lipinski definition) is 8. The van der Waals surface area contributed by atoms with Crippen LogP contribution in [0, 0.1) is 0 Å². The molecule has 1 atom stereocenters. The number of nitrogens with one attached hydrogen (secondary N) is 2. The maximum Gasteiger partial charge on any atom is 0.266 e. The van der Waals surface area contributed by atoms with Crippen molar-refractivity contribution in [2.45, 2.75) is 19.4 Å². The minimum atomic E-state index is 0.220. The molecule has 0 saturated carbocycles. The number of fused-ring (bicyclic) bond motifs is 1. The maximum absolute atomic E-state index is 5.40. The minimum Gasteiger partial charge on any atom is -0.365 e. The highest BCUT2D eigenvalue weighted by Gasteiger charge is 2.27. The van der Waals surface area contributed by atoms with Crippen LogP contribution in [0.4, 0.5) is 11.8 Å². The second kappa shape index (κ2) is 7.40. The number of aromatic nitrogens is 6. The molecule has 2 N–H and O–H groups in total. The Morgan fingerprint density at radius 3 is 3.22 bits per heavy atom. The molecule has 0 amide bonds. The summed E-state index contributed by atoms with van der Waals surface area (Å²) in [6.07, 6.45) is 11.6. The van der Waals surface area contributed by atoms with Gasteiger partial charge in [-0.3, -0.25) is 5.10 Å². The number of hydrogen-bond donors (Lipinski definition) is 2. The van der Waals surface area contributed by atoms with E-state index in [4.69, 9.17) is 4.52 Å². The fourth-order valence-electron chi connectivity index (χ4n) is 3.02. The number of aromatic amines is 1. The quantitative estimate of drug-likeness (QED) is 0.643. The van der Waals surface area contributed by atoms with Gasteiger partial charge in [0.2, 0.25) is 0 Å². The summed E-state index contributed by atoms with van der Waals surface area (Å²) in [6.45, 7) is 7.34. The lowest BCUT2D eigenvalue weighted by Crippen LogP contribution is -2.27. The van der Waals surface area contributed by atoms with Crippen molar-refractivity contribution < 1.29 is 4.52 Å². The van der Waals surface area contributed by atoms with Gasteiger partial charge in [-0.25, -0.2) is 9.97 Å². The molecule has 9 heteroatoms. The lowest BCUT2D eigenvalue weighted by Gasteiger charge is -2.15. The topological polar surface area (TPSA) is 109 Å². The molecule has 3 aromatic heterocycles. The van der Waals surface area contributed by atoms with Gasteiger partial charge in [-0.15, -0.1) is 0 Å². The van der Waals surface area contributed by atoms with E-state index >= 15 is 0 Å². The highest BCUT2D eigenvalue weighted by atomic mass is 16.5. The first-order valence-electron chi connectivity index (χ1n) is 8.73. The van der Waals surface area contributed by atoms with E-state index in [1.807, 2.05) is 25.2 Å². The zero-order chi connectivity index (χ0) is 18.6. The van der Waals surface area contributed by atoms with E-state index in [0.717, 1.165) is 41.9 Å². The Labute approximate surface area is 155 Å². The highest BCUT2D eigenvalue weighted by molar-refractivity contribution is 5.85. The van der Waals surface area contributed by atoms with Gasteiger partial charge in [0, 0.05) is 24.7 Å². The van der Waals surface area contributed by atoms with Crippen LogP contribution in [0.2, 0.25) is 0 Å². The predicted molar refractivity (Wildman–Crippen MR) is 103 cm³/mol. The zero-order valence-corrected chi connectivity index (χ0v) is 15.0. The van der Waals surface area contributed by atoms with E-state index in [0.29, 0.717) is 11.8 Å². The third-order valence-electron chi connectivity index (χ3n) is 4.41. The number of anilines is 2.